The first-order valence-corrected chi connectivity index (χ1v) is 12.8. The van der Waals surface area contributed by atoms with E-state index in [4.69, 9.17) is 23.7 Å². The molecule has 206 valence electrons. The summed E-state index contributed by atoms with van der Waals surface area (Å²) in [7, 11) is 6.50. The van der Waals surface area contributed by atoms with Gasteiger partial charge in [0.1, 0.15) is 18.1 Å². The number of hydrogen-bond acceptors (Lipinski definition) is 6. The van der Waals surface area contributed by atoms with Crippen molar-refractivity contribution in [3.8, 4) is 28.7 Å². The fraction of sp³-hybridized carbons (Fsp3) is 0.176. The zero-order valence-electron chi connectivity index (χ0n) is 23.2. The van der Waals surface area contributed by atoms with Crippen LogP contribution in [0.3, 0.4) is 0 Å². The Morgan fingerprint density at radius 3 is 1.55 bits per heavy atom. The molecule has 40 heavy (non-hydrogen) atoms. The van der Waals surface area contributed by atoms with E-state index in [1.807, 2.05) is 72.8 Å². The Labute approximate surface area is 235 Å². The molecule has 0 aliphatic rings. The van der Waals surface area contributed by atoms with Gasteiger partial charge in [0.2, 0.25) is 5.75 Å². The highest BCUT2D eigenvalue weighted by Crippen LogP contribution is 2.39. The first-order valence-electron chi connectivity index (χ1n) is 12.8. The SMILES string of the molecule is COc1cc(/C=C/c2ccc(/C=C/c3cc(OC)c(OCc4cccc(CO)c4)c(OC)c3)cc2)cc(OC)c1. The van der Waals surface area contributed by atoms with E-state index >= 15 is 0 Å². The van der Waals surface area contributed by atoms with Gasteiger partial charge < -0.3 is 28.8 Å². The number of benzene rings is 4. The first-order chi connectivity index (χ1) is 19.5. The van der Waals surface area contributed by atoms with Crippen molar-refractivity contribution in [2.75, 3.05) is 28.4 Å². The van der Waals surface area contributed by atoms with Gasteiger partial charge in [0.05, 0.1) is 35.0 Å². The molecule has 0 spiro atoms. The highest BCUT2D eigenvalue weighted by molar-refractivity contribution is 5.75. The molecular weight excluding hydrogens is 504 g/mol. The maximum atomic E-state index is 9.39. The molecule has 0 aromatic heterocycles. The van der Waals surface area contributed by atoms with E-state index in [2.05, 4.69) is 30.3 Å². The van der Waals surface area contributed by atoms with Crippen LogP contribution in [0.1, 0.15) is 33.4 Å². The maximum Gasteiger partial charge on any atom is 0.203 e. The Morgan fingerprint density at radius 1 is 0.550 bits per heavy atom. The van der Waals surface area contributed by atoms with Crippen LogP contribution in [0.5, 0.6) is 28.7 Å². The average Bonchev–Trinajstić information content (AvgIpc) is 3.01. The van der Waals surface area contributed by atoms with Gasteiger partial charge in [0.15, 0.2) is 11.5 Å². The molecule has 0 heterocycles. The Kier molecular flexibility index (Phi) is 9.86. The predicted molar refractivity (Wildman–Crippen MR) is 160 cm³/mol. The molecule has 0 fully saturated rings. The van der Waals surface area contributed by atoms with Gasteiger partial charge in [-0.3, -0.25) is 0 Å². The minimum absolute atomic E-state index is 0.0140. The Hall–Kier alpha value is -4.68. The molecule has 6 nitrogen and oxygen atoms in total. The summed E-state index contributed by atoms with van der Waals surface area (Å²) >= 11 is 0. The topological polar surface area (TPSA) is 66.4 Å². The molecule has 0 bridgehead atoms. The molecule has 6 heteroatoms. The number of ether oxygens (including phenoxy) is 5. The summed E-state index contributed by atoms with van der Waals surface area (Å²) in [6.07, 6.45) is 8.13. The molecule has 0 aliphatic carbocycles. The minimum atomic E-state index is -0.0140. The van der Waals surface area contributed by atoms with E-state index in [1.165, 1.54) is 0 Å². The van der Waals surface area contributed by atoms with Gasteiger partial charge in [-0.1, -0.05) is 72.8 Å². The van der Waals surface area contributed by atoms with Crippen LogP contribution in [-0.2, 0) is 13.2 Å². The van der Waals surface area contributed by atoms with Crippen LogP contribution in [-0.4, -0.2) is 33.5 Å². The van der Waals surface area contributed by atoms with Gasteiger partial charge in [-0.25, -0.2) is 0 Å². The minimum Gasteiger partial charge on any atom is -0.497 e. The lowest BCUT2D eigenvalue weighted by Gasteiger charge is -2.15. The normalized spacial score (nSPS) is 11.1. The lowest BCUT2D eigenvalue weighted by molar-refractivity contribution is 0.264. The fourth-order valence-corrected chi connectivity index (χ4v) is 4.14. The zero-order chi connectivity index (χ0) is 28.3. The zero-order valence-corrected chi connectivity index (χ0v) is 23.2. The van der Waals surface area contributed by atoms with Crippen LogP contribution in [0.2, 0.25) is 0 Å². The maximum absolute atomic E-state index is 9.39. The number of aliphatic hydroxyl groups excluding tert-OH is 1. The number of rotatable bonds is 12. The van der Waals surface area contributed by atoms with Crippen molar-refractivity contribution in [2.24, 2.45) is 0 Å². The highest BCUT2D eigenvalue weighted by Gasteiger charge is 2.14. The van der Waals surface area contributed by atoms with Crippen molar-refractivity contribution >= 4 is 24.3 Å². The summed E-state index contributed by atoms with van der Waals surface area (Å²) in [5.41, 5.74) is 5.83. The third-order valence-corrected chi connectivity index (χ3v) is 6.29. The highest BCUT2D eigenvalue weighted by atomic mass is 16.5. The molecule has 4 rings (SSSR count). The van der Waals surface area contributed by atoms with Gasteiger partial charge in [-0.15, -0.1) is 0 Å². The van der Waals surface area contributed by atoms with Crippen molar-refractivity contribution in [3.63, 3.8) is 0 Å². The summed E-state index contributed by atoms with van der Waals surface area (Å²) in [6.45, 7) is 0.307. The van der Waals surface area contributed by atoms with E-state index in [9.17, 15) is 5.11 Å². The molecule has 0 unspecified atom stereocenters. The second kappa shape index (κ2) is 13.9. The van der Waals surface area contributed by atoms with E-state index in [0.717, 1.165) is 44.9 Å². The summed E-state index contributed by atoms with van der Waals surface area (Å²) in [5, 5.41) is 9.39. The third kappa shape index (κ3) is 7.46. The number of aliphatic hydroxyl groups is 1. The molecule has 4 aromatic carbocycles. The van der Waals surface area contributed by atoms with Crippen molar-refractivity contribution in [1.29, 1.82) is 0 Å². The smallest absolute Gasteiger partial charge is 0.203 e. The lowest BCUT2D eigenvalue weighted by Crippen LogP contribution is -2.01. The largest absolute Gasteiger partial charge is 0.497 e. The summed E-state index contributed by atoms with van der Waals surface area (Å²) in [5.74, 6) is 3.18. The molecule has 0 amide bonds. The lowest BCUT2D eigenvalue weighted by atomic mass is 10.1. The number of hydrogen-bond donors (Lipinski definition) is 1. The third-order valence-electron chi connectivity index (χ3n) is 6.29. The summed E-state index contributed by atoms with van der Waals surface area (Å²) in [6, 6.07) is 25.5. The summed E-state index contributed by atoms with van der Waals surface area (Å²) < 4.78 is 28.0. The second-order valence-corrected chi connectivity index (χ2v) is 9.00. The van der Waals surface area contributed by atoms with Gasteiger partial charge in [-0.05, 0) is 57.6 Å². The van der Waals surface area contributed by atoms with Crippen LogP contribution in [0, 0.1) is 0 Å². The van der Waals surface area contributed by atoms with Crippen LogP contribution < -0.4 is 23.7 Å². The molecule has 0 radical (unpaired) electrons. The second-order valence-electron chi connectivity index (χ2n) is 9.00. The van der Waals surface area contributed by atoms with E-state index < -0.39 is 0 Å². The molecule has 0 saturated carbocycles. The van der Waals surface area contributed by atoms with Gasteiger partial charge in [0.25, 0.3) is 0 Å². The first kappa shape index (κ1) is 28.3. The van der Waals surface area contributed by atoms with Gasteiger partial charge >= 0.3 is 0 Å². The van der Waals surface area contributed by atoms with E-state index in [0.29, 0.717) is 23.9 Å². The van der Waals surface area contributed by atoms with Crippen molar-refractivity contribution < 1.29 is 28.8 Å². The van der Waals surface area contributed by atoms with E-state index in [1.54, 1.807) is 28.4 Å². The molecule has 1 N–H and O–H groups in total. The quantitative estimate of drug-likeness (QED) is 0.194. The predicted octanol–water partition coefficient (Wildman–Crippen LogP) is 7.13. The average molecular weight is 539 g/mol. The molecule has 4 aromatic rings. The Balaban J connectivity index is 1.46. The molecular formula is C34H34O6. The Morgan fingerprint density at radius 2 is 1.05 bits per heavy atom. The fourth-order valence-electron chi connectivity index (χ4n) is 4.14. The molecule has 0 saturated heterocycles. The molecule has 0 atom stereocenters. The standard InChI is InChI=1S/C34H34O6/c1-36-30-17-26(18-31(21-30)37-2)14-12-24-8-10-25(11-9-24)13-15-27-19-32(38-3)34(33(20-27)39-4)40-23-29-7-5-6-28(16-29)22-35/h5-21,35H,22-23H2,1-4H3/b14-12+,15-13+. The van der Waals surface area contributed by atoms with Crippen LogP contribution in [0.4, 0.5) is 0 Å². The van der Waals surface area contributed by atoms with Crippen LogP contribution in [0.15, 0.2) is 78.9 Å². The van der Waals surface area contributed by atoms with Gasteiger partial charge in [0, 0.05) is 6.07 Å². The monoisotopic (exact) mass is 538 g/mol. The van der Waals surface area contributed by atoms with E-state index in [-0.39, 0.29) is 6.61 Å². The van der Waals surface area contributed by atoms with Crippen molar-refractivity contribution in [3.05, 3.63) is 112 Å². The van der Waals surface area contributed by atoms with Crippen LogP contribution >= 0.6 is 0 Å². The van der Waals surface area contributed by atoms with Crippen molar-refractivity contribution in [1.82, 2.24) is 0 Å². The number of methoxy groups -OCH3 is 4. The van der Waals surface area contributed by atoms with Gasteiger partial charge in [-0.2, -0.15) is 0 Å². The molecule has 0 aliphatic heterocycles. The summed E-state index contributed by atoms with van der Waals surface area (Å²) in [4.78, 5) is 0. The Bertz CT molecular complexity index is 1420. The van der Waals surface area contributed by atoms with Crippen molar-refractivity contribution in [2.45, 2.75) is 13.2 Å². The van der Waals surface area contributed by atoms with Crippen LogP contribution in [0.25, 0.3) is 24.3 Å².